The Morgan fingerprint density at radius 2 is 1.91 bits per heavy atom. The molecule has 4 rings (SSSR count). The van der Waals surface area contributed by atoms with Crippen LogP contribution in [0, 0.1) is 6.92 Å². The summed E-state index contributed by atoms with van der Waals surface area (Å²) in [5, 5.41) is 13.6. The van der Waals surface area contributed by atoms with Gasteiger partial charge in [0.25, 0.3) is 5.22 Å². The third kappa shape index (κ3) is 5.48. The highest BCUT2D eigenvalue weighted by Crippen LogP contribution is 2.24. The van der Waals surface area contributed by atoms with Crippen LogP contribution in [0.2, 0.25) is 0 Å². The number of aromatic nitrogens is 2. The molecule has 3 aromatic carbocycles. The molecule has 7 heteroatoms. The minimum atomic E-state index is -0.110. The van der Waals surface area contributed by atoms with Gasteiger partial charge in [-0.15, -0.1) is 10.2 Å². The predicted molar refractivity (Wildman–Crippen MR) is 127 cm³/mol. The van der Waals surface area contributed by atoms with Crippen molar-refractivity contribution in [2.75, 3.05) is 18.2 Å². The van der Waals surface area contributed by atoms with Crippen molar-refractivity contribution in [3.8, 4) is 5.75 Å². The number of fused-ring (bicyclic) bond motifs is 1. The maximum Gasteiger partial charge on any atom is 0.277 e. The fraction of sp³-hybridized carbons (Fsp3) is 0.240. The molecule has 1 heterocycles. The summed E-state index contributed by atoms with van der Waals surface area (Å²) < 4.78 is 11.0. The van der Waals surface area contributed by atoms with Crippen LogP contribution in [0.15, 0.2) is 70.3 Å². The molecular formula is C25H25N3O3S. The summed E-state index contributed by atoms with van der Waals surface area (Å²) in [6.45, 7) is 2.04. The Labute approximate surface area is 191 Å². The summed E-state index contributed by atoms with van der Waals surface area (Å²) in [7, 11) is 1.68. The molecule has 6 nitrogen and oxygen atoms in total. The molecule has 0 fully saturated rings. The second-order valence-corrected chi connectivity index (χ2v) is 8.41. The van der Waals surface area contributed by atoms with Gasteiger partial charge in [-0.3, -0.25) is 4.79 Å². The Hall–Kier alpha value is -3.32. The van der Waals surface area contributed by atoms with E-state index in [1.165, 1.54) is 17.3 Å². The molecule has 0 spiro atoms. The fourth-order valence-electron chi connectivity index (χ4n) is 3.59. The standard InChI is InChI=1S/C25H25N3O3S/c1-17-15-18(13-14-22(17)30-2)7-5-12-24-27-28-25(31-24)32-16-23(29)26-21-11-6-9-19-8-3-4-10-20(19)21/h3-4,6,8-11,13-15H,5,7,12,16H2,1-2H3,(H,26,29). The number of nitrogens with one attached hydrogen (secondary N) is 1. The number of aryl methyl sites for hydroxylation is 3. The summed E-state index contributed by atoms with van der Waals surface area (Å²) in [4.78, 5) is 12.4. The molecule has 164 valence electrons. The number of benzene rings is 3. The monoisotopic (exact) mass is 447 g/mol. The highest BCUT2D eigenvalue weighted by Gasteiger charge is 2.11. The van der Waals surface area contributed by atoms with Crippen LogP contribution in [0.4, 0.5) is 5.69 Å². The van der Waals surface area contributed by atoms with Gasteiger partial charge in [0.15, 0.2) is 0 Å². The molecule has 32 heavy (non-hydrogen) atoms. The molecule has 0 saturated heterocycles. The Morgan fingerprint density at radius 1 is 1.06 bits per heavy atom. The number of amides is 1. The number of rotatable bonds is 9. The highest BCUT2D eigenvalue weighted by molar-refractivity contribution is 7.99. The van der Waals surface area contributed by atoms with Gasteiger partial charge in [-0.05, 0) is 48.4 Å². The topological polar surface area (TPSA) is 77.2 Å². The number of carbonyl (C=O) groups excluding carboxylic acids is 1. The largest absolute Gasteiger partial charge is 0.496 e. The van der Waals surface area contributed by atoms with Gasteiger partial charge in [0.2, 0.25) is 11.8 Å². The molecule has 0 unspecified atom stereocenters. The summed E-state index contributed by atoms with van der Waals surface area (Å²) in [6.07, 6.45) is 2.52. The van der Waals surface area contributed by atoms with Crippen molar-refractivity contribution in [1.29, 1.82) is 0 Å². The minimum Gasteiger partial charge on any atom is -0.496 e. The summed E-state index contributed by atoms with van der Waals surface area (Å²) in [6, 6.07) is 20.0. The Balaban J connectivity index is 1.25. The van der Waals surface area contributed by atoms with Crippen LogP contribution in [0.25, 0.3) is 10.8 Å². The van der Waals surface area contributed by atoms with Crippen molar-refractivity contribution in [3.63, 3.8) is 0 Å². The number of thioether (sulfide) groups is 1. The molecular weight excluding hydrogens is 422 g/mol. The van der Waals surface area contributed by atoms with Crippen LogP contribution in [-0.2, 0) is 17.6 Å². The van der Waals surface area contributed by atoms with Crippen LogP contribution in [0.3, 0.4) is 0 Å². The van der Waals surface area contributed by atoms with Gasteiger partial charge >= 0.3 is 0 Å². The smallest absolute Gasteiger partial charge is 0.277 e. The van der Waals surface area contributed by atoms with Gasteiger partial charge in [-0.2, -0.15) is 0 Å². The average molecular weight is 448 g/mol. The maximum atomic E-state index is 12.4. The molecule has 0 aliphatic carbocycles. The number of hydrogen-bond acceptors (Lipinski definition) is 6. The molecule has 0 atom stereocenters. The first-order valence-corrected chi connectivity index (χ1v) is 11.5. The molecule has 0 saturated carbocycles. The number of ether oxygens (including phenoxy) is 1. The van der Waals surface area contributed by atoms with Crippen LogP contribution < -0.4 is 10.1 Å². The number of methoxy groups -OCH3 is 1. The lowest BCUT2D eigenvalue weighted by Crippen LogP contribution is -2.14. The van der Waals surface area contributed by atoms with Gasteiger partial charge < -0.3 is 14.5 Å². The second kappa shape index (κ2) is 10.3. The SMILES string of the molecule is COc1ccc(CCCc2nnc(SCC(=O)Nc3cccc4ccccc34)o2)cc1C. The highest BCUT2D eigenvalue weighted by atomic mass is 32.2. The van der Waals surface area contributed by atoms with Crippen molar-refractivity contribution >= 4 is 34.1 Å². The van der Waals surface area contributed by atoms with E-state index in [0.29, 0.717) is 17.5 Å². The molecule has 0 bridgehead atoms. The lowest BCUT2D eigenvalue weighted by atomic mass is 10.1. The molecule has 1 N–H and O–H groups in total. The van der Waals surface area contributed by atoms with E-state index < -0.39 is 0 Å². The van der Waals surface area contributed by atoms with Gasteiger partial charge in [-0.25, -0.2) is 0 Å². The molecule has 1 amide bonds. The van der Waals surface area contributed by atoms with Gasteiger partial charge in [-0.1, -0.05) is 60.3 Å². The quantitative estimate of drug-likeness (QED) is 0.344. The summed E-state index contributed by atoms with van der Waals surface area (Å²) >= 11 is 1.24. The molecule has 0 aliphatic rings. The minimum absolute atomic E-state index is 0.110. The van der Waals surface area contributed by atoms with Gasteiger partial charge in [0.1, 0.15) is 5.75 Å². The van der Waals surface area contributed by atoms with E-state index >= 15 is 0 Å². The van der Waals surface area contributed by atoms with E-state index in [9.17, 15) is 4.79 Å². The Morgan fingerprint density at radius 3 is 2.75 bits per heavy atom. The first-order chi connectivity index (χ1) is 15.6. The van der Waals surface area contributed by atoms with Gasteiger partial charge in [0.05, 0.1) is 12.9 Å². The fourth-order valence-corrected chi connectivity index (χ4v) is 4.17. The summed E-state index contributed by atoms with van der Waals surface area (Å²) in [5.74, 6) is 1.58. The predicted octanol–water partition coefficient (Wildman–Crippen LogP) is 5.45. The third-order valence-electron chi connectivity index (χ3n) is 5.15. The number of carbonyl (C=O) groups is 1. The van der Waals surface area contributed by atoms with Gasteiger partial charge in [0, 0.05) is 17.5 Å². The lowest BCUT2D eigenvalue weighted by Gasteiger charge is -2.07. The van der Waals surface area contributed by atoms with Crippen LogP contribution >= 0.6 is 11.8 Å². The zero-order valence-electron chi connectivity index (χ0n) is 18.1. The number of nitrogens with zero attached hydrogens (tertiary/aromatic N) is 2. The first kappa shape index (κ1) is 21.9. The molecule has 0 radical (unpaired) electrons. The molecule has 4 aromatic rings. The van der Waals surface area contributed by atoms with Crippen molar-refractivity contribution < 1.29 is 13.9 Å². The average Bonchev–Trinajstić information content (AvgIpc) is 3.26. The van der Waals surface area contributed by atoms with Crippen molar-refractivity contribution in [2.24, 2.45) is 0 Å². The molecule has 0 aliphatic heterocycles. The van der Waals surface area contributed by atoms with E-state index in [0.717, 1.165) is 40.6 Å². The van der Waals surface area contributed by atoms with Crippen molar-refractivity contribution in [1.82, 2.24) is 10.2 Å². The third-order valence-corrected chi connectivity index (χ3v) is 5.97. The lowest BCUT2D eigenvalue weighted by molar-refractivity contribution is -0.113. The Kier molecular flexibility index (Phi) is 7.07. The zero-order chi connectivity index (χ0) is 22.3. The molecule has 1 aromatic heterocycles. The van der Waals surface area contributed by atoms with Crippen molar-refractivity contribution in [3.05, 3.63) is 77.7 Å². The van der Waals surface area contributed by atoms with E-state index in [4.69, 9.17) is 9.15 Å². The van der Waals surface area contributed by atoms with Crippen LogP contribution in [-0.4, -0.2) is 29.0 Å². The zero-order valence-corrected chi connectivity index (χ0v) is 18.9. The summed E-state index contributed by atoms with van der Waals surface area (Å²) in [5.41, 5.74) is 3.18. The van der Waals surface area contributed by atoms with E-state index in [1.54, 1.807) is 7.11 Å². The maximum absolute atomic E-state index is 12.4. The first-order valence-electron chi connectivity index (χ1n) is 10.5. The van der Waals surface area contributed by atoms with Crippen molar-refractivity contribution in [2.45, 2.75) is 31.4 Å². The normalized spacial score (nSPS) is 10.9. The second-order valence-electron chi connectivity index (χ2n) is 7.48. The van der Waals surface area contributed by atoms with E-state index in [1.807, 2.05) is 55.5 Å². The van der Waals surface area contributed by atoms with E-state index in [2.05, 4.69) is 27.6 Å². The van der Waals surface area contributed by atoms with Crippen LogP contribution in [0.1, 0.15) is 23.4 Å². The number of hydrogen-bond donors (Lipinski definition) is 1. The number of anilines is 1. The van der Waals surface area contributed by atoms with E-state index in [-0.39, 0.29) is 11.7 Å². The van der Waals surface area contributed by atoms with Crippen LogP contribution in [0.5, 0.6) is 5.75 Å². The Bertz CT molecular complexity index is 1220.